The van der Waals surface area contributed by atoms with Crippen molar-refractivity contribution in [1.82, 2.24) is 85.1 Å². The van der Waals surface area contributed by atoms with E-state index in [1.54, 1.807) is 155 Å². The van der Waals surface area contributed by atoms with Crippen molar-refractivity contribution < 1.29 is 120 Å². The van der Waals surface area contributed by atoms with Crippen LogP contribution in [0.4, 0.5) is 24.0 Å². The van der Waals surface area contributed by atoms with Gasteiger partial charge < -0.3 is 124 Å². The molecule has 1 aromatic carbocycles. The first kappa shape index (κ1) is 107. The Hall–Kier alpha value is -10.9. The molecule has 2 rings (SSSR count). The van der Waals surface area contributed by atoms with Crippen molar-refractivity contribution in [2.45, 2.75) is 329 Å². The molecule has 16 amide bonds. The van der Waals surface area contributed by atoms with Crippen molar-refractivity contribution in [2.75, 3.05) is 39.3 Å². The summed E-state index contributed by atoms with van der Waals surface area (Å²) in [6.07, 6.45) is -12.0. The smallest absolute Gasteiger partial charge is 0.407 e. The number of amides is 16. The van der Waals surface area contributed by atoms with Crippen LogP contribution in [-0.4, -0.2) is 258 Å². The SMILES string of the molecule is CCC[C@@H](C)OC(=O)CCC(=O)N[C@@H](CCNC(=O)OC(C)(C)C)C(=O)N[C@H](C(=O)N[C@@H](CCNC(=O)OC(C)(C)C)C(=O)N[C@H]1CCNC(=O)[C@H](C(C)O)NC(=O)[C@H](CCNC(=O)OC(C)(C)C)NC(=O)[C@H](CCNC(=O)OC(C)(C)C)NC(=O)[C@H](CC(C)C)NC(=O)[C@@H](Cc2ccccc2)NC(=O)[C@H](CCNC(=O)OC(C)(C)C)NC1=O)C(C)O. The number of aliphatic hydroxyl groups is 2. The molecule has 13 atom stereocenters. The quantitative estimate of drug-likeness (QED) is 0.0343. The summed E-state index contributed by atoms with van der Waals surface area (Å²) in [6.45, 7) is 30.2. The van der Waals surface area contributed by atoms with Gasteiger partial charge in [-0.15, -0.1) is 0 Å². The van der Waals surface area contributed by atoms with E-state index in [9.17, 15) is 72.5 Å². The molecule has 0 spiro atoms. The third kappa shape index (κ3) is 46.2. The minimum Gasteiger partial charge on any atom is -0.463 e. The molecule has 1 aliphatic heterocycles. The molecule has 1 fully saturated rings. The van der Waals surface area contributed by atoms with Gasteiger partial charge in [0.2, 0.25) is 65.0 Å². The van der Waals surface area contributed by atoms with Gasteiger partial charge in [-0.1, -0.05) is 57.5 Å². The number of benzene rings is 1. The average molecular weight is 1730 g/mol. The van der Waals surface area contributed by atoms with Gasteiger partial charge in [0, 0.05) is 52.1 Å². The molecule has 0 saturated carbocycles. The van der Waals surface area contributed by atoms with E-state index < -0.39 is 285 Å². The lowest BCUT2D eigenvalue weighted by atomic mass is 10.00. The number of alkyl carbamates (subject to hydrolysis) is 5. The first-order chi connectivity index (χ1) is 56.4. The van der Waals surface area contributed by atoms with E-state index in [-0.39, 0.29) is 32.4 Å². The zero-order chi connectivity index (χ0) is 92.8. The zero-order valence-electron chi connectivity index (χ0n) is 74.5. The fourth-order valence-corrected chi connectivity index (χ4v) is 11.4. The van der Waals surface area contributed by atoms with Crippen molar-refractivity contribution in [3.63, 3.8) is 0 Å². The molecule has 1 heterocycles. The van der Waals surface area contributed by atoms with Crippen molar-refractivity contribution >= 4 is 101 Å². The summed E-state index contributed by atoms with van der Waals surface area (Å²) in [6, 6.07) is -9.74. The second kappa shape index (κ2) is 51.2. The summed E-state index contributed by atoms with van der Waals surface area (Å²) in [5.41, 5.74) is -4.59. The Morgan fingerprint density at radius 2 is 0.828 bits per heavy atom. The second-order valence-corrected chi connectivity index (χ2v) is 35.1. The summed E-state index contributed by atoms with van der Waals surface area (Å²) in [5, 5.41) is 62.7. The van der Waals surface area contributed by atoms with Crippen LogP contribution in [0.1, 0.15) is 222 Å². The van der Waals surface area contributed by atoms with Crippen LogP contribution in [0.5, 0.6) is 0 Å². The maximum atomic E-state index is 15.4. The van der Waals surface area contributed by atoms with Crippen LogP contribution < -0.4 is 85.1 Å². The van der Waals surface area contributed by atoms with E-state index in [2.05, 4.69) is 85.1 Å². The molecule has 1 aromatic rings. The highest BCUT2D eigenvalue weighted by molar-refractivity contribution is 6.00. The summed E-state index contributed by atoms with van der Waals surface area (Å²) in [4.78, 5) is 241. The highest BCUT2D eigenvalue weighted by atomic mass is 16.6. The van der Waals surface area contributed by atoms with E-state index in [1.807, 2.05) is 6.92 Å². The van der Waals surface area contributed by atoms with Gasteiger partial charge in [-0.25, -0.2) is 24.0 Å². The number of carbonyl (C=O) groups is 17. The van der Waals surface area contributed by atoms with Crippen LogP contribution in [0, 0.1) is 5.92 Å². The molecule has 0 aromatic heterocycles. The first-order valence-corrected chi connectivity index (χ1v) is 41.2. The molecule has 0 radical (unpaired) electrons. The number of hydrogen-bond acceptors (Lipinski definition) is 25. The highest BCUT2D eigenvalue weighted by Crippen LogP contribution is 2.16. The zero-order valence-corrected chi connectivity index (χ0v) is 74.5. The van der Waals surface area contributed by atoms with Gasteiger partial charge >= 0.3 is 36.4 Å². The molecule has 18 N–H and O–H groups in total. The first-order valence-electron chi connectivity index (χ1n) is 41.2. The number of aliphatic hydroxyl groups excluding tert-OH is 2. The fraction of sp³-hybridized carbons (Fsp3) is 0.716. The third-order valence-corrected chi connectivity index (χ3v) is 17.0. The molecular weight excluding hydrogens is 1600 g/mol. The molecule has 41 heteroatoms. The molecule has 690 valence electrons. The Morgan fingerprint density at radius 1 is 0.443 bits per heavy atom. The Labute approximate surface area is 714 Å². The van der Waals surface area contributed by atoms with Crippen LogP contribution in [0.2, 0.25) is 0 Å². The van der Waals surface area contributed by atoms with Crippen molar-refractivity contribution in [1.29, 1.82) is 0 Å². The summed E-state index contributed by atoms with van der Waals surface area (Å²) in [7, 11) is 0. The van der Waals surface area contributed by atoms with Crippen molar-refractivity contribution in [3.05, 3.63) is 35.9 Å². The second-order valence-electron chi connectivity index (χ2n) is 35.1. The summed E-state index contributed by atoms with van der Waals surface area (Å²) >= 11 is 0. The number of carbonyl (C=O) groups excluding carboxylic acids is 17. The summed E-state index contributed by atoms with van der Waals surface area (Å²) < 4.78 is 32.3. The van der Waals surface area contributed by atoms with Crippen LogP contribution in [0.15, 0.2) is 30.3 Å². The minimum atomic E-state index is -2.02. The Morgan fingerprint density at radius 3 is 1.24 bits per heavy atom. The number of ether oxygens (including phenoxy) is 6. The van der Waals surface area contributed by atoms with Gasteiger partial charge in [0.05, 0.1) is 24.7 Å². The minimum absolute atomic E-state index is 0.135. The molecule has 122 heavy (non-hydrogen) atoms. The van der Waals surface area contributed by atoms with Gasteiger partial charge in [-0.2, -0.15) is 0 Å². The Kier molecular flexibility index (Phi) is 44.9. The Bertz CT molecular complexity index is 3660. The van der Waals surface area contributed by atoms with Crippen LogP contribution in [0.3, 0.4) is 0 Å². The van der Waals surface area contributed by atoms with Crippen LogP contribution >= 0.6 is 0 Å². The highest BCUT2D eigenvalue weighted by Gasteiger charge is 2.40. The number of rotatable bonds is 34. The molecule has 0 bridgehead atoms. The van der Waals surface area contributed by atoms with Crippen LogP contribution in [0.25, 0.3) is 0 Å². The number of nitrogens with one attached hydrogen (secondary N) is 16. The molecule has 41 nitrogen and oxygen atoms in total. The average Bonchev–Trinajstić information content (AvgIpc) is 0.979. The van der Waals surface area contributed by atoms with E-state index in [0.29, 0.717) is 18.4 Å². The fourth-order valence-electron chi connectivity index (χ4n) is 11.4. The summed E-state index contributed by atoms with van der Waals surface area (Å²) in [5.74, 6) is -13.5. The monoisotopic (exact) mass is 1730 g/mol. The molecule has 1 saturated heterocycles. The van der Waals surface area contributed by atoms with Gasteiger partial charge in [-0.3, -0.25) is 57.5 Å². The van der Waals surface area contributed by atoms with Crippen molar-refractivity contribution in [2.24, 2.45) is 5.92 Å². The molecule has 2 unspecified atom stereocenters. The largest absolute Gasteiger partial charge is 0.463 e. The molecule has 1 aliphatic rings. The molecule has 0 aliphatic carbocycles. The lowest BCUT2D eigenvalue weighted by Crippen LogP contribution is -2.62. The maximum absolute atomic E-state index is 15.4. The van der Waals surface area contributed by atoms with Gasteiger partial charge in [0.1, 0.15) is 88.4 Å². The normalized spacial score (nSPS) is 19.8. The Balaban J connectivity index is 3.11. The lowest BCUT2D eigenvalue weighted by molar-refractivity contribution is -0.149. The third-order valence-electron chi connectivity index (χ3n) is 17.0. The predicted octanol–water partition coefficient (Wildman–Crippen LogP) is 1.49. The maximum Gasteiger partial charge on any atom is 0.407 e. The van der Waals surface area contributed by atoms with Gasteiger partial charge in [0.25, 0.3) is 0 Å². The molecular formula is C81H136N16O25. The van der Waals surface area contributed by atoms with E-state index in [0.717, 1.165) is 13.8 Å². The van der Waals surface area contributed by atoms with Gasteiger partial charge in [0.15, 0.2) is 0 Å². The lowest BCUT2D eigenvalue weighted by Gasteiger charge is -2.29. The van der Waals surface area contributed by atoms with E-state index >= 15 is 19.2 Å². The standard InChI is InChI=1S/C81H136N16O25/c1-22-26-46(4)117-59(101)30-29-58(100)88-50(32-38-83-72(112)118-77(7,8)9)66(106)97-61(48(6)99)71(111)93-54(35-41-86-75(115)121-80(16,17)18)64(104)89-51-31-37-82-70(110)60(47(5)98)96-67(107)55(36-42-87-76(116)122-81(19,20)21)91-63(103)52(33-39-84-73(113)119-78(10,11)12)92-68(108)56(43-45(2)3)94-69(109)57(44-49-27-24-23-25-28-49)95-65(105)53(90-62(51)102)34-40-85-74(114)120-79(13,14)15/h23-25,27-28,45-48,50-57,60-61,98-99H,22,26,29-44H2,1-21H3,(H,82,110)(H,83,112)(H,84,113)(H,85,114)(H,86,115)(H,87,116)(H,88,100)(H,89,104)(H,90,102)(H,91,103)(H,92,108)(H,93,111)(H,94,109)(H,95,105)(H,96,107)(H,97,106)/t46-,47?,48?,50+,51+,52+,53+,54+,55+,56+,57-,60+,61+/m1/s1. The van der Waals surface area contributed by atoms with E-state index in [1.165, 1.54) is 0 Å². The number of hydrogen-bond donors (Lipinski definition) is 18. The topological polar surface area (TPSA) is 579 Å². The number of esters is 1. The van der Waals surface area contributed by atoms with Gasteiger partial charge in [-0.05, 0) is 187 Å². The van der Waals surface area contributed by atoms with Crippen LogP contribution in [-0.2, 0) is 92.4 Å². The predicted molar refractivity (Wildman–Crippen MR) is 444 cm³/mol. The van der Waals surface area contributed by atoms with Crippen molar-refractivity contribution in [3.8, 4) is 0 Å². The van der Waals surface area contributed by atoms with E-state index in [4.69, 9.17) is 28.4 Å².